The molecule has 5 heteroatoms. The Hall–Kier alpha value is -1.88. The number of benzene rings is 1. The molecule has 0 unspecified atom stereocenters. The summed E-state index contributed by atoms with van der Waals surface area (Å²) in [6.45, 7) is 1.62. The number of carbonyl (C=O) groups is 1. The molecule has 0 atom stereocenters. The molecule has 0 radical (unpaired) electrons. The van der Waals surface area contributed by atoms with Crippen molar-refractivity contribution in [2.45, 2.75) is 44.4 Å². The van der Waals surface area contributed by atoms with Gasteiger partial charge >= 0.3 is 0 Å². The van der Waals surface area contributed by atoms with Gasteiger partial charge in [-0.15, -0.1) is 11.3 Å². The largest absolute Gasteiger partial charge is 0.497 e. The van der Waals surface area contributed by atoms with E-state index in [2.05, 4.69) is 0 Å². The van der Waals surface area contributed by atoms with E-state index in [4.69, 9.17) is 9.72 Å². The van der Waals surface area contributed by atoms with Crippen LogP contribution in [-0.2, 0) is 12.8 Å². The molecule has 1 saturated heterocycles. The van der Waals surface area contributed by atoms with E-state index < -0.39 is 0 Å². The Kier molecular flexibility index (Phi) is 4.75. The lowest BCUT2D eigenvalue weighted by molar-refractivity contribution is 0.0712. The second kappa shape index (κ2) is 7.16. The van der Waals surface area contributed by atoms with Crippen molar-refractivity contribution in [3.05, 3.63) is 45.4 Å². The number of nitrogens with zero attached hydrogens (tertiary/aromatic N) is 2. The van der Waals surface area contributed by atoms with Gasteiger partial charge in [-0.3, -0.25) is 4.79 Å². The van der Waals surface area contributed by atoms with Crippen LogP contribution in [0.1, 0.15) is 57.5 Å². The number of fused-ring (bicyclic) bond motifs is 1. The molecule has 1 aromatic heterocycles. The number of methoxy groups -OCH3 is 1. The van der Waals surface area contributed by atoms with Crippen LogP contribution in [0.25, 0.3) is 0 Å². The molecule has 0 saturated carbocycles. The third kappa shape index (κ3) is 3.43. The summed E-state index contributed by atoms with van der Waals surface area (Å²) in [7, 11) is 1.63. The molecular weight excluding hydrogens is 332 g/mol. The Bertz CT molecular complexity index is 739. The fraction of sp³-hybridized carbons (Fsp3) is 0.500. The minimum atomic E-state index is 0.107. The van der Waals surface area contributed by atoms with E-state index in [0.29, 0.717) is 11.5 Å². The van der Waals surface area contributed by atoms with Crippen LogP contribution in [-0.4, -0.2) is 36.0 Å². The summed E-state index contributed by atoms with van der Waals surface area (Å²) in [5, 5.41) is 1.31. The summed E-state index contributed by atoms with van der Waals surface area (Å²) in [5.74, 6) is 1.36. The van der Waals surface area contributed by atoms with Crippen molar-refractivity contribution in [2.75, 3.05) is 20.2 Å². The number of thiazole rings is 1. The van der Waals surface area contributed by atoms with Crippen molar-refractivity contribution in [2.24, 2.45) is 0 Å². The number of amides is 1. The van der Waals surface area contributed by atoms with Crippen LogP contribution < -0.4 is 4.74 Å². The highest BCUT2D eigenvalue weighted by Crippen LogP contribution is 2.35. The lowest BCUT2D eigenvalue weighted by Crippen LogP contribution is -2.37. The molecule has 1 aromatic carbocycles. The maximum atomic E-state index is 12.7. The summed E-state index contributed by atoms with van der Waals surface area (Å²) in [4.78, 5) is 21.1. The topological polar surface area (TPSA) is 42.4 Å². The molecule has 2 aliphatic rings. The van der Waals surface area contributed by atoms with E-state index in [-0.39, 0.29) is 5.91 Å². The molecular formula is C20H24N2O2S. The van der Waals surface area contributed by atoms with Crippen molar-refractivity contribution in [1.29, 1.82) is 0 Å². The fourth-order valence-corrected chi connectivity index (χ4v) is 5.14. The number of ether oxygens (including phenoxy) is 1. The molecule has 1 aliphatic heterocycles. The first-order valence-electron chi connectivity index (χ1n) is 9.16. The Morgan fingerprint density at radius 2 is 2.04 bits per heavy atom. The summed E-state index contributed by atoms with van der Waals surface area (Å²) >= 11 is 1.92. The predicted molar refractivity (Wildman–Crippen MR) is 99.6 cm³/mol. The molecule has 2 heterocycles. The van der Waals surface area contributed by atoms with Crippen LogP contribution in [0.4, 0.5) is 0 Å². The third-order valence-electron chi connectivity index (χ3n) is 5.31. The molecule has 132 valence electrons. The fourth-order valence-electron chi connectivity index (χ4n) is 3.81. The van der Waals surface area contributed by atoms with Crippen molar-refractivity contribution in [3.8, 4) is 5.75 Å². The second-order valence-electron chi connectivity index (χ2n) is 6.93. The van der Waals surface area contributed by atoms with Gasteiger partial charge in [0.05, 0.1) is 17.8 Å². The SMILES string of the molecule is COc1cccc(C(=O)N2CCC(c3nc4c(s3)CCCC4)CC2)c1. The molecule has 1 fully saturated rings. The number of carbonyl (C=O) groups excluding carboxylic acids is 1. The van der Waals surface area contributed by atoms with E-state index >= 15 is 0 Å². The zero-order valence-corrected chi connectivity index (χ0v) is 15.5. The van der Waals surface area contributed by atoms with Gasteiger partial charge in [0.1, 0.15) is 5.75 Å². The first-order chi connectivity index (χ1) is 12.2. The van der Waals surface area contributed by atoms with Gasteiger partial charge in [0.15, 0.2) is 0 Å². The number of aromatic nitrogens is 1. The Balaban J connectivity index is 1.40. The number of hydrogen-bond acceptors (Lipinski definition) is 4. The number of hydrogen-bond donors (Lipinski definition) is 0. The molecule has 25 heavy (non-hydrogen) atoms. The highest BCUT2D eigenvalue weighted by Gasteiger charge is 2.27. The van der Waals surface area contributed by atoms with Crippen molar-refractivity contribution < 1.29 is 9.53 Å². The van der Waals surface area contributed by atoms with E-state index in [1.165, 1.54) is 34.8 Å². The average Bonchev–Trinajstić information content (AvgIpc) is 3.12. The second-order valence-corrected chi connectivity index (χ2v) is 8.04. The molecule has 1 amide bonds. The van der Waals surface area contributed by atoms with Crippen molar-refractivity contribution in [3.63, 3.8) is 0 Å². The van der Waals surface area contributed by atoms with Gasteiger partial charge in [-0.2, -0.15) is 0 Å². The zero-order chi connectivity index (χ0) is 17.2. The van der Waals surface area contributed by atoms with E-state index in [9.17, 15) is 4.79 Å². The Morgan fingerprint density at radius 1 is 1.24 bits per heavy atom. The summed E-state index contributed by atoms with van der Waals surface area (Å²) in [6, 6.07) is 7.43. The molecule has 0 spiro atoms. The Labute approximate surface area is 152 Å². The number of aryl methyl sites for hydroxylation is 2. The minimum absolute atomic E-state index is 0.107. The van der Waals surface area contributed by atoms with Gasteiger partial charge in [0, 0.05) is 29.4 Å². The smallest absolute Gasteiger partial charge is 0.253 e. The monoisotopic (exact) mass is 356 g/mol. The lowest BCUT2D eigenvalue weighted by Gasteiger charge is -2.31. The summed E-state index contributed by atoms with van der Waals surface area (Å²) in [5.41, 5.74) is 2.06. The summed E-state index contributed by atoms with van der Waals surface area (Å²) < 4.78 is 5.23. The summed E-state index contributed by atoms with van der Waals surface area (Å²) in [6.07, 6.45) is 6.98. The van der Waals surface area contributed by atoms with Gasteiger partial charge < -0.3 is 9.64 Å². The molecule has 4 rings (SSSR count). The maximum absolute atomic E-state index is 12.7. The quantitative estimate of drug-likeness (QED) is 0.833. The molecule has 2 aromatic rings. The van der Waals surface area contributed by atoms with Crippen LogP contribution in [0.2, 0.25) is 0 Å². The van der Waals surface area contributed by atoms with Crippen LogP contribution in [0.3, 0.4) is 0 Å². The zero-order valence-electron chi connectivity index (χ0n) is 14.7. The number of piperidine rings is 1. The van der Waals surface area contributed by atoms with Crippen molar-refractivity contribution in [1.82, 2.24) is 9.88 Å². The standard InChI is InChI=1S/C20H24N2O2S/c1-24-16-6-4-5-15(13-16)20(23)22-11-9-14(10-12-22)19-21-17-7-2-3-8-18(17)25-19/h4-6,13-14H,2-3,7-12H2,1H3. The molecule has 0 bridgehead atoms. The van der Waals surface area contributed by atoms with Crippen LogP contribution in [0, 0.1) is 0 Å². The van der Waals surface area contributed by atoms with Gasteiger partial charge in [-0.25, -0.2) is 4.98 Å². The number of likely N-dealkylation sites (tertiary alicyclic amines) is 1. The minimum Gasteiger partial charge on any atom is -0.497 e. The molecule has 4 nitrogen and oxygen atoms in total. The highest BCUT2D eigenvalue weighted by atomic mass is 32.1. The third-order valence-corrected chi connectivity index (χ3v) is 6.63. The van der Waals surface area contributed by atoms with Gasteiger partial charge in [-0.05, 0) is 56.7 Å². The maximum Gasteiger partial charge on any atom is 0.253 e. The van der Waals surface area contributed by atoms with Gasteiger partial charge in [0.2, 0.25) is 0 Å². The van der Waals surface area contributed by atoms with Crippen LogP contribution in [0.15, 0.2) is 24.3 Å². The molecule has 0 N–H and O–H groups in total. The number of rotatable bonds is 3. The Morgan fingerprint density at radius 3 is 2.80 bits per heavy atom. The van der Waals surface area contributed by atoms with Crippen LogP contribution >= 0.6 is 11.3 Å². The van der Waals surface area contributed by atoms with E-state index in [0.717, 1.165) is 38.1 Å². The van der Waals surface area contributed by atoms with E-state index in [1.54, 1.807) is 7.11 Å². The predicted octanol–water partition coefficient (Wildman–Crippen LogP) is 4.05. The van der Waals surface area contributed by atoms with Gasteiger partial charge in [0.25, 0.3) is 5.91 Å². The highest BCUT2D eigenvalue weighted by molar-refractivity contribution is 7.11. The van der Waals surface area contributed by atoms with E-state index in [1.807, 2.05) is 40.5 Å². The van der Waals surface area contributed by atoms with Gasteiger partial charge in [-0.1, -0.05) is 6.07 Å². The first kappa shape index (κ1) is 16.6. The lowest BCUT2D eigenvalue weighted by atomic mass is 9.96. The average molecular weight is 356 g/mol. The van der Waals surface area contributed by atoms with Crippen LogP contribution in [0.5, 0.6) is 5.75 Å². The molecule has 1 aliphatic carbocycles. The van der Waals surface area contributed by atoms with Crippen molar-refractivity contribution >= 4 is 17.2 Å². The normalized spacial score (nSPS) is 18.0. The first-order valence-corrected chi connectivity index (χ1v) is 9.98.